The number of hydrogen-bond acceptors (Lipinski definition) is 3. The first-order chi connectivity index (χ1) is 8.76. The number of aromatic amines is 1. The molecule has 0 bridgehead atoms. The first kappa shape index (κ1) is 13.3. The highest BCUT2D eigenvalue weighted by molar-refractivity contribution is 8.00. The normalized spacial score (nSPS) is 11.1. The number of aryl methyl sites for hydroxylation is 1. The molecule has 1 aromatic carbocycles. The minimum absolute atomic E-state index is 0.0640. The molecule has 3 N–H and O–H groups in total. The Hall–Kier alpha value is -1.13. The van der Waals surface area contributed by atoms with Crippen molar-refractivity contribution < 1.29 is 5.11 Å². The van der Waals surface area contributed by atoms with Gasteiger partial charge in [0.25, 0.3) is 0 Å². The first-order valence-electron chi connectivity index (χ1n) is 6.36. The van der Waals surface area contributed by atoms with E-state index in [9.17, 15) is 5.11 Å². The number of fused-ring (bicyclic) bond motifs is 1. The molecule has 0 saturated carbocycles. The van der Waals surface area contributed by atoms with Gasteiger partial charge in [0.1, 0.15) is 0 Å². The molecular weight excluding hydrogens is 244 g/mol. The summed E-state index contributed by atoms with van der Waals surface area (Å²) in [6.07, 6.45) is 2.46. The molecule has 0 saturated heterocycles. The van der Waals surface area contributed by atoms with E-state index in [0.717, 1.165) is 28.2 Å². The smallest absolute Gasteiger partial charge is 0.0833 e. The summed E-state index contributed by atoms with van der Waals surface area (Å²) in [4.78, 5) is 3.23. The molecule has 4 heteroatoms. The molecule has 2 rings (SSSR count). The summed E-state index contributed by atoms with van der Waals surface area (Å²) < 4.78 is 3.37. The van der Waals surface area contributed by atoms with Crippen LogP contribution < -0.4 is 4.72 Å². The quantitative estimate of drug-likeness (QED) is 0.549. The zero-order valence-corrected chi connectivity index (χ0v) is 11.7. The van der Waals surface area contributed by atoms with Crippen LogP contribution in [0.3, 0.4) is 0 Å². The molecule has 1 aromatic heterocycles. The van der Waals surface area contributed by atoms with Crippen molar-refractivity contribution in [2.45, 2.75) is 33.3 Å². The Bertz CT molecular complexity index is 522. The van der Waals surface area contributed by atoms with Crippen LogP contribution in [0.1, 0.15) is 31.0 Å². The molecule has 0 fully saturated rings. The average Bonchev–Trinajstić information content (AvgIpc) is 2.71. The predicted octanol–water partition coefficient (Wildman–Crippen LogP) is 3.83. The summed E-state index contributed by atoms with van der Waals surface area (Å²) in [5.74, 6) is 1.13. The highest BCUT2D eigenvalue weighted by Gasteiger charge is 2.07. The van der Waals surface area contributed by atoms with E-state index in [-0.39, 0.29) is 6.61 Å². The minimum atomic E-state index is 0.0640. The van der Waals surface area contributed by atoms with E-state index in [0.29, 0.717) is 0 Å². The maximum Gasteiger partial charge on any atom is 0.0833 e. The lowest BCUT2D eigenvalue weighted by Gasteiger charge is -2.05. The number of rotatable bonds is 6. The second-order valence-corrected chi connectivity index (χ2v) is 5.35. The van der Waals surface area contributed by atoms with E-state index in [1.807, 2.05) is 6.92 Å². The third-order valence-electron chi connectivity index (χ3n) is 3.11. The Morgan fingerprint density at radius 1 is 1.39 bits per heavy atom. The second kappa shape index (κ2) is 6.16. The Morgan fingerprint density at radius 2 is 2.22 bits per heavy atom. The lowest BCUT2D eigenvalue weighted by molar-refractivity contribution is 0.277. The van der Waals surface area contributed by atoms with Crippen molar-refractivity contribution in [2.75, 3.05) is 10.5 Å². The molecule has 3 nitrogen and oxygen atoms in total. The topological polar surface area (TPSA) is 48.0 Å². The highest BCUT2D eigenvalue weighted by Crippen LogP contribution is 2.26. The Labute approximate surface area is 112 Å². The molecule has 0 atom stereocenters. The van der Waals surface area contributed by atoms with Gasteiger partial charge in [-0.1, -0.05) is 25.3 Å². The highest BCUT2D eigenvalue weighted by atomic mass is 32.2. The van der Waals surface area contributed by atoms with Gasteiger partial charge in [0, 0.05) is 28.0 Å². The van der Waals surface area contributed by atoms with Crippen LogP contribution in [0.2, 0.25) is 0 Å². The summed E-state index contributed by atoms with van der Waals surface area (Å²) in [5.41, 5.74) is 4.24. The van der Waals surface area contributed by atoms with Crippen molar-refractivity contribution in [3.63, 3.8) is 0 Å². The second-order valence-electron chi connectivity index (χ2n) is 4.45. The van der Waals surface area contributed by atoms with Gasteiger partial charge in [0.05, 0.1) is 6.61 Å². The van der Waals surface area contributed by atoms with Crippen molar-refractivity contribution in [1.82, 2.24) is 4.98 Å². The predicted molar refractivity (Wildman–Crippen MR) is 79.9 cm³/mol. The summed E-state index contributed by atoms with van der Waals surface area (Å²) in [7, 11) is 0. The number of nitrogens with one attached hydrogen (secondary N) is 2. The SMILES string of the molecule is CCCCSNc1ccc2[nH]c(CO)c(C)c2c1. The molecular formula is C14H20N2OS. The summed E-state index contributed by atoms with van der Waals surface area (Å²) in [5, 5.41) is 10.4. The lowest BCUT2D eigenvalue weighted by Crippen LogP contribution is -1.89. The van der Waals surface area contributed by atoms with E-state index >= 15 is 0 Å². The summed E-state index contributed by atoms with van der Waals surface area (Å²) in [6.45, 7) is 4.30. The van der Waals surface area contributed by atoms with Crippen molar-refractivity contribution >= 4 is 28.5 Å². The third kappa shape index (κ3) is 2.82. The fourth-order valence-electron chi connectivity index (χ4n) is 1.95. The van der Waals surface area contributed by atoms with Gasteiger partial charge in [-0.3, -0.25) is 0 Å². The van der Waals surface area contributed by atoms with Gasteiger partial charge in [0.2, 0.25) is 0 Å². The number of aromatic nitrogens is 1. The van der Waals surface area contributed by atoms with E-state index in [2.05, 4.69) is 34.8 Å². The van der Waals surface area contributed by atoms with Crippen LogP contribution in [0.4, 0.5) is 5.69 Å². The van der Waals surface area contributed by atoms with E-state index in [1.165, 1.54) is 18.2 Å². The fraction of sp³-hybridized carbons (Fsp3) is 0.429. The molecule has 0 spiro atoms. The van der Waals surface area contributed by atoms with Gasteiger partial charge >= 0.3 is 0 Å². The molecule has 0 unspecified atom stereocenters. The maximum atomic E-state index is 9.24. The van der Waals surface area contributed by atoms with Crippen LogP contribution in [0.15, 0.2) is 18.2 Å². The van der Waals surface area contributed by atoms with Crippen molar-refractivity contribution in [3.05, 3.63) is 29.5 Å². The number of aliphatic hydroxyl groups excluding tert-OH is 1. The molecule has 0 aliphatic rings. The van der Waals surface area contributed by atoms with Gasteiger partial charge in [-0.2, -0.15) is 0 Å². The molecule has 0 radical (unpaired) electrons. The van der Waals surface area contributed by atoms with Gasteiger partial charge in [-0.15, -0.1) is 0 Å². The standard InChI is InChI=1S/C14H20N2OS/c1-3-4-7-18-16-11-5-6-13-12(8-11)10(2)14(9-17)15-13/h5-6,8,15-17H,3-4,7,9H2,1-2H3. The number of unbranched alkanes of at least 4 members (excludes halogenated alkanes) is 1. The minimum Gasteiger partial charge on any atom is -0.390 e. The number of hydrogen-bond donors (Lipinski definition) is 3. The number of anilines is 1. The van der Waals surface area contributed by atoms with Crippen LogP contribution in [0, 0.1) is 6.92 Å². The maximum absolute atomic E-state index is 9.24. The van der Waals surface area contributed by atoms with E-state index in [1.54, 1.807) is 11.9 Å². The largest absolute Gasteiger partial charge is 0.390 e. The van der Waals surface area contributed by atoms with Gasteiger partial charge in [0.15, 0.2) is 0 Å². The van der Waals surface area contributed by atoms with Crippen molar-refractivity contribution in [1.29, 1.82) is 0 Å². The van der Waals surface area contributed by atoms with Gasteiger partial charge in [-0.05, 0) is 37.1 Å². The number of aliphatic hydroxyl groups is 1. The van der Waals surface area contributed by atoms with Crippen molar-refractivity contribution in [2.24, 2.45) is 0 Å². The van der Waals surface area contributed by atoms with Crippen LogP contribution >= 0.6 is 11.9 Å². The first-order valence-corrected chi connectivity index (χ1v) is 7.34. The molecule has 0 amide bonds. The zero-order valence-electron chi connectivity index (χ0n) is 10.9. The monoisotopic (exact) mass is 264 g/mol. The molecule has 0 aliphatic carbocycles. The van der Waals surface area contributed by atoms with Crippen molar-refractivity contribution in [3.8, 4) is 0 Å². The molecule has 2 aromatic rings. The Kier molecular flexibility index (Phi) is 4.55. The number of H-pyrrole nitrogens is 1. The lowest BCUT2D eigenvalue weighted by atomic mass is 10.1. The summed E-state index contributed by atoms with van der Waals surface area (Å²) >= 11 is 1.75. The van der Waals surface area contributed by atoms with Crippen LogP contribution in [-0.4, -0.2) is 15.8 Å². The van der Waals surface area contributed by atoms with E-state index < -0.39 is 0 Å². The Balaban J connectivity index is 2.13. The molecule has 0 aliphatic heterocycles. The molecule has 98 valence electrons. The summed E-state index contributed by atoms with van der Waals surface area (Å²) in [6, 6.07) is 6.27. The van der Waals surface area contributed by atoms with Gasteiger partial charge < -0.3 is 14.8 Å². The van der Waals surface area contributed by atoms with Crippen LogP contribution in [0.5, 0.6) is 0 Å². The zero-order chi connectivity index (χ0) is 13.0. The average molecular weight is 264 g/mol. The third-order valence-corrected chi connectivity index (χ3v) is 3.98. The Morgan fingerprint density at radius 3 is 2.94 bits per heavy atom. The fourth-order valence-corrected chi connectivity index (χ4v) is 2.78. The molecule has 1 heterocycles. The van der Waals surface area contributed by atoms with E-state index in [4.69, 9.17) is 0 Å². The number of benzene rings is 1. The van der Waals surface area contributed by atoms with Crippen LogP contribution in [0.25, 0.3) is 10.9 Å². The van der Waals surface area contributed by atoms with Gasteiger partial charge in [-0.25, -0.2) is 0 Å². The van der Waals surface area contributed by atoms with Crippen LogP contribution in [-0.2, 0) is 6.61 Å². The molecule has 18 heavy (non-hydrogen) atoms.